The number of hydrogen-bond donors (Lipinski definition) is 0. The van der Waals surface area contributed by atoms with Gasteiger partial charge in [-0.15, -0.1) is 0 Å². The quantitative estimate of drug-likeness (QED) is 0.816. The summed E-state index contributed by atoms with van der Waals surface area (Å²) in [6.45, 7) is 4.22. The van der Waals surface area contributed by atoms with E-state index in [-0.39, 0.29) is 12.0 Å². The third kappa shape index (κ3) is 3.71. The summed E-state index contributed by atoms with van der Waals surface area (Å²) in [6.07, 6.45) is 1.95. The van der Waals surface area contributed by atoms with Gasteiger partial charge in [-0.2, -0.15) is 0 Å². The van der Waals surface area contributed by atoms with Crippen LogP contribution in [0.3, 0.4) is 0 Å². The van der Waals surface area contributed by atoms with Crippen LogP contribution in [-0.2, 0) is 4.74 Å². The monoisotopic (exact) mass is 345 g/mol. The molecule has 1 atom stereocenters. The number of halogens is 2. The molecule has 1 aromatic carbocycles. The number of ether oxygens (including phenoxy) is 1. The number of amides is 1. The highest BCUT2D eigenvalue weighted by atomic mass is 79.9. The van der Waals surface area contributed by atoms with Crippen molar-refractivity contribution in [3.05, 3.63) is 33.3 Å². The van der Waals surface area contributed by atoms with Crippen LogP contribution in [0.2, 0.25) is 5.02 Å². The van der Waals surface area contributed by atoms with Crippen LogP contribution in [0.1, 0.15) is 30.1 Å². The molecular formula is C14H17BrClNO2. The number of carbonyl (C=O) groups excluding carboxylic acids is 1. The number of hydrogen-bond acceptors (Lipinski definition) is 2. The summed E-state index contributed by atoms with van der Waals surface area (Å²) in [4.78, 5) is 14.4. The van der Waals surface area contributed by atoms with Gasteiger partial charge < -0.3 is 9.64 Å². The highest BCUT2D eigenvalue weighted by Gasteiger charge is 2.22. The van der Waals surface area contributed by atoms with Crippen LogP contribution in [0.4, 0.5) is 0 Å². The van der Waals surface area contributed by atoms with Gasteiger partial charge in [0.25, 0.3) is 5.91 Å². The molecule has 104 valence electrons. The number of benzene rings is 1. The predicted molar refractivity (Wildman–Crippen MR) is 79.7 cm³/mol. The Hall–Kier alpha value is -0.580. The highest BCUT2D eigenvalue weighted by molar-refractivity contribution is 9.10. The molecule has 0 bridgehead atoms. The molecule has 19 heavy (non-hydrogen) atoms. The molecule has 0 radical (unpaired) electrons. The first-order valence-electron chi connectivity index (χ1n) is 6.47. The Labute approximate surface area is 127 Å². The Kier molecular flexibility index (Phi) is 5.25. The maximum atomic E-state index is 12.5. The Morgan fingerprint density at radius 1 is 1.58 bits per heavy atom. The van der Waals surface area contributed by atoms with Gasteiger partial charge in [0, 0.05) is 29.7 Å². The minimum Gasteiger partial charge on any atom is -0.376 e. The first-order chi connectivity index (χ1) is 9.11. The lowest BCUT2D eigenvalue weighted by atomic mass is 10.1. The fourth-order valence-corrected chi connectivity index (χ4v) is 2.63. The average Bonchev–Trinajstić information content (AvgIpc) is 2.66. The normalized spacial score (nSPS) is 20.2. The molecule has 0 aliphatic carbocycles. The second kappa shape index (κ2) is 6.73. The second-order valence-electron chi connectivity index (χ2n) is 4.63. The zero-order chi connectivity index (χ0) is 13.8. The van der Waals surface area contributed by atoms with Crippen LogP contribution in [0.5, 0.6) is 0 Å². The van der Waals surface area contributed by atoms with Gasteiger partial charge in [0.05, 0.1) is 11.1 Å². The summed E-state index contributed by atoms with van der Waals surface area (Å²) in [6, 6.07) is 5.28. The van der Waals surface area contributed by atoms with Crippen LogP contribution < -0.4 is 0 Å². The van der Waals surface area contributed by atoms with Crippen molar-refractivity contribution in [1.82, 2.24) is 4.90 Å². The predicted octanol–water partition coefficient (Wildman–Crippen LogP) is 3.74. The Morgan fingerprint density at radius 2 is 2.37 bits per heavy atom. The molecular weight excluding hydrogens is 330 g/mol. The first-order valence-corrected chi connectivity index (χ1v) is 7.65. The van der Waals surface area contributed by atoms with E-state index < -0.39 is 0 Å². The van der Waals surface area contributed by atoms with Crippen molar-refractivity contribution in [1.29, 1.82) is 0 Å². The highest BCUT2D eigenvalue weighted by Crippen LogP contribution is 2.24. The van der Waals surface area contributed by atoms with Crippen molar-refractivity contribution >= 4 is 33.4 Å². The van der Waals surface area contributed by atoms with Gasteiger partial charge >= 0.3 is 0 Å². The fraction of sp³-hybridized carbons (Fsp3) is 0.500. The maximum Gasteiger partial charge on any atom is 0.253 e. The summed E-state index contributed by atoms with van der Waals surface area (Å²) < 4.78 is 6.44. The maximum absolute atomic E-state index is 12.5. The summed E-state index contributed by atoms with van der Waals surface area (Å²) in [7, 11) is 0. The van der Waals surface area contributed by atoms with Crippen LogP contribution in [-0.4, -0.2) is 36.6 Å². The summed E-state index contributed by atoms with van der Waals surface area (Å²) in [5.74, 6) is 0.0429. The molecule has 0 aromatic heterocycles. The van der Waals surface area contributed by atoms with E-state index in [2.05, 4.69) is 22.9 Å². The molecule has 1 aromatic rings. The SMILES string of the molecule is CCC1CN(C(=O)c2ccc(Cl)c(Br)c2)CCCO1. The Bertz CT molecular complexity index is 467. The van der Waals surface area contributed by atoms with Gasteiger partial charge in [0.2, 0.25) is 0 Å². The van der Waals surface area contributed by atoms with Gasteiger partial charge in [-0.3, -0.25) is 4.79 Å². The number of rotatable bonds is 2. The van der Waals surface area contributed by atoms with E-state index in [0.717, 1.165) is 30.5 Å². The lowest BCUT2D eigenvalue weighted by molar-refractivity contribution is 0.0460. The molecule has 1 heterocycles. The minimum atomic E-state index is 0.0429. The lowest BCUT2D eigenvalue weighted by Crippen LogP contribution is -2.36. The second-order valence-corrected chi connectivity index (χ2v) is 5.90. The third-order valence-corrected chi connectivity index (χ3v) is 4.47. The van der Waals surface area contributed by atoms with Gasteiger partial charge in [0.1, 0.15) is 0 Å². The zero-order valence-electron chi connectivity index (χ0n) is 10.9. The molecule has 1 saturated heterocycles. The molecule has 1 amide bonds. The largest absolute Gasteiger partial charge is 0.376 e. The molecule has 3 nitrogen and oxygen atoms in total. The number of nitrogens with zero attached hydrogens (tertiary/aromatic N) is 1. The van der Waals surface area contributed by atoms with Crippen LogP contribution >= 0.6 is 27.5 Å². The minimum absolute atomic E-state index is 0.0429. The van der Waals surface area contributed by atoms with Crippen molar-refractivity contribution in [2.45, 2.75) is 25.9 Å². The van der Waals surface area contributed by atoms with Gasteiger partial charge in [-0.25, -0.2) is 0 Å². The molecule has 0 N–H and O–H groups in total. The molecule has 0 saturated carbocycles. The molecule has 2 rings (SSSR count). The van der Waals surface area contributed by atoms with E-state index in [9.17, 15) is 4.79 Å². The van der Waals surface area contributed by atoms with Crippen LogP contribution in [0.15, 0.2) is 22.7 Å². The van der Waals surface area contributed by atoms with E-state index in [4.69, 9.17) is 16.3 Å². The van der Waals surface area contributed by atoms with E-state index in [1.165, 1.54) is 0 Å². The molecule has 0 spiro atoms. The van der Waals surface area contributed by atoms with E-state index in [0.29, 0.717) is 17.1 Å². The Morgan fingerprint density at radius 3 is 3.05 bits per heavy atom. The third-order valence-electron chi connectivity index (χ3n) is 3.26. The topological polar surface area (TPSA) is 29.5 Å². The van der Waals surface area contributed by atoms with E-state index in [1.54, 1.807) is 18.2 Å². The van der Waals surface area contributed by atoms with Crippen molar-refractivity contribution < 1.29 is 9.53 Å². The summed E-state index contributed by atoms with van der Waals surface area (Å²) >= 11 is 9.30. The molecule has 1 fully saturated rings. The first kappa shape index (κ1) is 14.8. The van der Waals surface area contributed by atoms with E-state index >= 15 is 0 Å². The van der Waals surface area contributed by atoms with Crippen molar-refractivity contribution in [3.8, 4) is 0 Å². The zero-order valence-corrected chi connectivity index (χ0v) is 13.2. The lowest BCUT2D eigenvalue weighted by Gasteiger charge is -2.23. The molecule has 1 unspecified atom stereocenters. The van der Waals surface area contributed by atoms with Crippen LogP contribution in [0.25, 0.3) is 0 Å². The van der Waals surface area contributed by atoms with Crippen molar-refractivity contribution in [2.24, 2.45) is 0 Å². The van der Waals surface area contributed by atoms with Gasteiger partial charge in [-0.1, -0.05) is 18.5 Å². The average molecular weight is 347 g/mol. The molecule has 5 heteroatoms. The fourth-order valence-electron chi connectivity index (χ4n) is 2.14. The van der Waals surface area contributed by atoms with Crippen LogP contribution in [0, 0.1) is 0 Å². The smallest absolute Gasteiger partial charge is 0.253 e. The molecule has 1 aliphatic rings. The summed E-state index contributed by atoms with van der Waals surface area (Å²) in [5, 5.41) is 0.613. The van der Waals surface area contributed by atoms with Gasteiger partial charge in [0.15, 0.2) is 0 Å². The summed E-state index contributed by atoms with van der Waals surface area (Å²) in [5.41, 5.74) is 0.660. The van der Waals surface area contributed by atoms with E-state index in [1.807, 2.05) is 4.90 Å². The van der Waals surface area contributed by atoms with Crippen molar-refractivity contribution in [3.63, 3.8) is 0 Å². The number of carbonyl (C=O) groups is 1. The Balaban J connectivity index is 2.15. The molecule has 1 aliphatic heterocycles. The van der Waals surface area contributed by atoms with Gasteiger partial charge in [-0.05, 0) is 47.0 Å². The standard InChI is InChI=1S/C14H17BrClNO2/c1-2-11-9-17(6-3-7-19-11)14(18)10-4-5-13(16)12(15)8-10/h4-5,8,11H,2-3,6-7,9H2,1H3. The van der Waals surface area contributed by atoms with Crippen molar-refractivity contribution in [2.75, 3.05) is 19.7 Å².